The van der Waals surface area contributed by atoms with Crippen LogP contribution in [0.3, 0.4) is 0 Å². The molecule has 1 fully saturated rings. The van der Waals surface area contributed by atoms with Gasteiger partial charge in [0.2, 0.25) is 10.9 Å². The Bertz CT molecular complexity index is 1680. The maximum absolute atomic E-state index is 12.8. The molecule has 6 N–H and O–H groups in total. The topological polar surface area (TPSA) is 216 Å². The third-order valence-electron chi connectivity index (χ3n) is 6.74. The van der Waals surface area contributed by atoms with E-state index in [-0.39, 0.29) is 39.9 Å². The molecule has 1 aromatic carbocycles. The van der Waals surface area contributed by atoms with E-state index < -0.39 is 48.2 Å². The van der Waals surface area contributed by atoms with Crippen molar-refractivity contribution >= 4 is 51.9 Å². The number of thiazole rings is 1. The molecule has 0 saturated carbocycles. The van der Waals surface area contributed by atoms with Crippen molar-refractivity contribution in [3.8, 4) is 12.3 Å². The molecule has 0 spiro atoms. The molecule has 1 unspecified atom stereocenters. The summed E-state index contributed by atoms with van der Waals surface area (Å²) in [6.07, 6.45) is 1.97. The first-order valence-corrected chi connectivity index (χ1v) is 13.1. The molecule has 4 aromatic rings. The summed E-state index contributed by atoms with van der Waals surface area (Å²) in [5.41, 5.74) is 3.34. The lowest BCUT2D eigenvalue weighted by molar-refractivity contribution is -0.179. The number of anilines is 1. The van der Waals surface area contributed by atoms with Gasteiger partial charge in [0.1, 0.15) is 17.7 Å². The van der Waals surface area contributed by atoms with Gasteiger partial charge in [0.15, 0.2) is 23.3 Å². The van der Waals surface area contributed by atoms with E-state index in [9.17, 15) is 30.0 Å². The molecule has 212 valence electrons. The van der Waals surface area contributed by atoms with Crippen molar-refractivity contribution in [1.82, 2.24) is 24.5 Å². The molecule has 0 aliphatic carbocycles. The number of aromatic nitrogens is 5. The number of hydrogen-bond donors (Lipinski definition) is 5. The second-order valence-electron chi connectivity index (χ2n) is 9.13. The van der Waals surface area contributed by atoms with E-state index in [0.717, 1.165) is 11.3 Å². The lowest BCUT2D eigenvalue weighted by Gasteiger charge is -2.32. The summed E-state index contributed by atoms with van der Waals surface area (Å²) in [6, 6.07) is 5.71. The number of carboxylic acid groups (broad SMARTS) is 2. The van der Waals surface area contributed by atoms with E-state index in [1.807, 2.05) is 0 Å². The van der Waals surface area contributed by atoms with E-state index in [4.69, 9.17) is 33.2 Å². The van der Waals surface area contributed by atoms with Crippen LogP contribution in [0.2, 0.25) is 5.28 Å². The summed E-state index contributed by atoms with van der Waals surface area (Å²) in [5, 5.41) is 43.4. The number of nitrogen functional groups attached to an aromatic ring is 1. The fourth-order valence-corrected chi connectivity index (χ4v) is 5.39. The Balaban J connectivity index is 1.49. The highest BCUT2D eigenvalue weighted by Crippen LogP contribution is 2.40. The number of nitrogens with two attached hydrogens (primary N) is 1. The average Bonchev–Trinajstić information content (AvgIpc) is 3.67. The van der Waals surface area contributed by atoms with Crippen LogP contribution in [0.4, 0.5) is 5.82 Å². The summed E-state index contributed by atoms with van der Waals surface area (Å²) >= 11 is 7.06. The minimum atomic E-state index is -2.35. The van der Waals surface area contributed by atoms with Gasteiger partial charge in [-0.3, -0.25) is 4.57 Å². The third kappa shape index (κ3) is 4.86. The number of imidazole rings is 1. The second-order valence-corrected chi connectivity index (χ2v) is 10.2. The highest BCUT2D eigenvalue weighted by Gasteiger charge is 2.57. The number of fused-ring (bicyclic) bond motifs is 1. The molecular weight excluding hydrogens is 580 g/mol. The molecule has 4 heterocycles. The van der Waals surface area contributed by atoms with E-state index in [2.05, 4.69) is 25.9 Å². The van der Waals surface area contributed by atoms with E-state index >= 15 is 0 Å². The standard InChI is InChI=1S/C25H21ClN6O8S/c1-2-24(38)15(40-20(17(24)33)32-10-28-16-18(27)30-23(26)31-19(16)32)8-39-25(22(36)37,14-9-41-11-29-14)7-12-4-3-5-13(6-12)21(34)35/h1,3-6,9-11,15,17,20,33,38H,7-8H2,(H,34,35)(H,36,37)(H2,27,30,31)/t15-,17+,20-,24-,25?/m1/s1. The molecular formula is C25H21ClN6O8S. The maximum atomic E-state index is 12.8. The number of aliphatic hydroxyl groups is 2. The van der Waals surface area contributed by atoms with Crippen molar-refractivity contribution < 1.29 is 39.5 Å². The highest BCUT2D eigenvalue weighted by molar-refractivity contribution is 7.07. The Labute approximate surface area is 240 Å². The first-order chi connectivity index (χ1) is 19.5. The lowest BCUT2D eigenvalue weighted by Crippen LogP contribution is -2.50. The van der Waals surface area contributed by atoms with Crippen molar-refractivity contribution in [2.24, 2.45) is 0 Å². The summed E-state index contributed by atoms with van der Waals surface area (Å²) in [4.78, 5) is 40.4. The van der Waals surface area contributed by atoms with E-state index in [1.165, 1.54) is 40.0 Å². The van der Waals surface area contributed by atoms with Crippen LogP contribution in [0.25, 0.3) is 11.2 Å². The molecule has 1 saturated heterocycles. The van der Waals surface area contributed by atoms with Crippen LogP contribution in [0.15, 0.2) is 41.5 Å². The summed E-state index contributed by atoms with van der Waals surface area (Å²) in [6.45, 7) is -0.624. The molecule has 5 rings (SSSR count). The van der Waals surface area contributed by atoms with Crippen molar-refractivity contribution in [3.63, 3.8) is 0 Å². The largest absolute Gasteiger partial charge is 0.479 e. The van der Waals surface area contributed by atoms with Crippen LogP contribution < -0.4 is 5.73 Å². The Morgan fingerprint density at radius 2 is 2.10 bits per heavy atom. The van der Waals surface area contributed by atoms with Gasteiger partial charge in [-0.1, -0.05) is 18.1 Å². The van der Waals surface area contributed by atoms with Gasteiger partial charge in [-0.2, -0.15) is 9.97 Å². The van der Waals surface area contributed by atoms with Crippen LogP contribution in [-0.4, -0.2) is 81.3 Å². The zero-order chi connectivity index (χ0) is 29.5. The Morgan fingerprint density at radius 3 is 2.76 bits per heavy atom. The second kappa shape index (κ2) is 10.7. The van der Waals surface area contributed by atoms with Crippen molar-refractivity contribution in [2.75, 3.05) is 12.3 Å². The molecule has 0 amide bonds. The number of terminal acetylenes is 1. The van der Waals surface area contributed by atoms with Crippen LogP contribution in [-0.2, 0) is 26.3 Å². The fraction of sp³-hybridized carbons (Fsp3) is 0.280. The molecule has 16 heteroatoms. The van der Waals surface area contributed by atoms with Crippen LogP contribution >= 0.6 is 22.9 Å². The molecule has 1 aliphatic rings. The molecule has 1 aliphatic heterocycles. The number of ether oxygens (including phenoxy) is 2. The predicted octanol–water partition coefficient (Wildman–Crippen LogP) is 1.08. The number of aliphatic hydroxyl groups excluding tert-OH is 1. The summed E-state index contributed by atoms with van der Waals surface area (Å²) < 4.78 is 13.2. The molecule has 14 nitrogen and oxygen atoms in total. The van der Waals surface area contributed by atoms with E-state index in [0.29, 0.717) is 5.56 Å². The molecule has 0 bridgehead atoms. The van der Waals surface area contributed by atoms with Gasteiger partial charge in [-0.25, -0.2) is 19.6 Å². The number of carbonyl (C=O) groups is 2. The smallest absolute Gasteiger partial charge is 0.342 e. The summed E-state index contributed by atoms with van der Waals surface area (Å²) in [7, 11) is 0. The first-order valence-electron chi connectivity index (χ1n) is 11.8. The Morgan fingerprint density at radius 1 is 1.32 bits per heavy atom. The number of halogens is 1. The number of carboxylic acids is 2. The van der Waals surface area contributed by atoms with Crippen LogP contribution in [0.5, 0.6) is 0 Å². The molecule has 5 atom stereocenters. The summed E-state index contributed by atoms with van der Waals surface area (Å²) in [5.74, 6) is -0.530. The fourth-order valence-electron chi connectivity index (χ4n) is 4.61. The van der Waals surface area contributed by atoms with Crippen molar-refractivity contribution in [3.05, 3.63) is 63.6 Å². The molecule has 41 heavy (non-hydrogen) atoms. The van der Waals surface area contributed by atoms with Crippen LogP contribution in [0, 0.1) is 12.3 Å². The normalized spacial score (nSPS) is 23.7. The van der Waals surface area contributed by atoms with Gasteiger partial charge >= 0.3 is 11.9 Å². The SMILES string of the molecule is C#C[C@@]1(O)[C@@H](COC(Cc2cccc(C(=O)O)c2)(C(=O)O)c2cscn2)O[C@@H](n2cnc3c(N)nc(Cl)nc32)[C@@H]1O. The maximum Gasteiger partial charge on any atom is 0.342 e. The highest BCUT2D eigenvalue weighted by atomic mass is 35.5. The minimum absolute atomic E-state index is 0.0255. The number of aromatic carboxylic acids is 1. The van der Waals surface area contributed by atoms with Crippen molar-refractivity contribution in [2.45, 2.75) is 36.1 Å². The quantitative estimate of drug-likeness (QED) is 0.134. The monoisotopic (exact) mass is 600 g/mol. The minimum Gasteiger partial charge on any atom is -0.479 e. The Hall–Kier alpha value is -4.17. The zero-order valence-corrected chi connectivity index (χ0v) is 22.4. The number of hydrogen-bond acceptors (Lipinski definition) is 12. The van der Waals surface area contributed by atoms with E-state index in [1.54, 1.807) is 6.07 Å². The molecule has 3 aromatic heterocycles. The van der Waals surface area contributed by atoms with Crippen LogP contribution in [0.1, 0.15) is 27.8 Å². The zero-order valence-electron chi connectivity index (χ0n) is 20.8. The molecule has 0 radical (unpaired) electrons. The predicted molar refractivity (Wildman–Crippen MR) is 143 cm³/mol. The average molecular weight is 601 g/mol. The van der Waals surface area contributed by atoms with Gasteiger partial charge in [-0.05, 0) is 29.3 Å². The van der Waals surface area contributed by atoms with Crippen molar-refractivity contribution in [1.29, 1.82) is 0 Å². The van der Waals surface area contributed by atoms with Gasteiger partial charge < -0.3 is 35.6 Å². The van der Waals surface area contributed by atoms with Gasteiger partial charge in [0, 0.05) is 11.8 Å². The first kappa shape index (κ1) is 28.4. The Kier molecular flexibility index (Phi) is 7.38. The van der Waals surface area contributed by atoms with Gasteiger partial charge in [0.25, 0.3) is 0 Å². The van der Waals surface area contributed by atoms with Gasteiger partial charge in [0.05, 0.1) is 29.7 Å². The lowest BCUT2D eigenvalue weighted by atomic mass is 9.89. The number of rotatable bonds is 9. The number of aliphatic carboxylic acids is 1. The third-order valence-corrected chi connectivity index (χ3v) is 7.50. The number of benzene rings is 1. The van der Waals surface area contributed by atoms with Gasteiger partial charge in [-0.15, -0.1) is 17.8 Å². The number of nitrogens with zero attached hydrogens (tertiary/aromatic N) is 5.